The van der Waals surface area contributed by atoms with E-state index in [2.05, 4.69) is 0 Å². The van der Waals surface area contributed by atoms with Crippen LogP contribution in [0.2, 0.25) is 0 Å². The van der Waals surface area contributed by atoms with Gasteiger partial charge in [-0.3, -0.25) is 0 Å². The van der Waals surface area contributed by atoms with Crippen LogP contribution in [0.3, 0.4) is 0 Å². The van der Waals surface area contributed by atoms with Crippen molar-refractivity contribution >= 4 is 26.6 Å². The van der Waals surface area contributed by atoms with E-state index in [9.17, 15) is 4.79 Å². The first kappa shape index (κ1) is 19.0. The van der Waals surface area contributed by atoms with E-state index in [4.69, 9.17) is 14.6 Å². The van der Waals surface area contributed by atoms with E-state index >= 15 is 0 Å². The molecule has 0 saturated heterocycles. The average Bonchev–Trinajstić information content (AvgIpc) is 2.05. The van der Waals surface area contributed by atoms with Crippen molar-refractivity contribution < 1.29 is 33.5 Å². The number of halogens is 1. The second-order valence-electron chi connectivity index (χ2n) is 6.12. The summed E-state index contributed by atoms with van der Waals surface area (Å²) in [5, 5.41) is 0. The summed E-state index contributed by atoms with van der Waals surface area (Å²) in [6.07, 6.45) is 0.658. The van der Waals surface area contributed by atoms with E-state index in [1.807, 2.05) is 49.3 Å². The summed E-state index contributed by atoms with van der Waals surface area (Å²) in [4.78, 5) is 22.5. The Balaban J connectivity index is 4.54. The molecule has 0 aliphatic heterocycles. The first-order valence-corrected chi connectivity index (χ1v) is 7.14. The van der Waals surface area contributed by atoms with Crippen LogP contribution >= 0.6 is 22.6 Å². The second kappa shape index (κ2) is 7.14. The third kappa shape index (κ3) is 11.5. The number of ether oxygens (including phenoxy) is 1. The maximum Gasteiger partial charge on any atom is 0.367 e. The zero-order valence-electron chi connectivity index (χ0n) is 13.0. The van der Waals surface area contributed by atoms with Crippen LogP contribution in [-0.4, -0.2) is 80.6 Å². The van der Waals surface area contributed by atoms with Gasteiger partial charge in [0.1, 0.15) is 49.3 Å². The fourth-order valence-corrected chi connectivity index (χ4v) is 1.86. The molecule has 0 aromatic carbocycles. The number of carbonyl (C=O) groups excluding carboxylic acids is 1. The Bertz CT molecular complexity index is 283. The zero-order chi connectivity index (χ0) is 15.3. The van der Waals surface area contributed by atoms with E-state index in [1.54, 1.807) is 22.6 Å². The predicted molar refractivity (Wildman–Crippen MR) is 79.3 cm³/mol. The topological polar surface area (TPSA) is 44.8 Å². The first-order chi connectivity index (χ1) is 8.33. The Morgan fingerprint density at radius 3 is 1.68 bits per heavy atom. The molecule has 0 aromatic heterocycles. The highest BCUT2D eigenvalue weighted by atomic mass is 127. The minimum Gasteiger partial charge on any atom is -0.458 e. The monoisotopic (exact) mass is 392 g/mol. The van der Waals surface area contributed by atoms with Crippen molar-refractivity contribution in [2.45, 2.75) is 6.42 Å². The Hall–Kier alpha value is -0.0000000000000000416. The van der Waals surface area contributed by atoms with Crippen LogP contribution in [0.1, 0.15) is 6.42 Å². The van der Waals surface area contributed by atoms with Gasteiger partial charge in [0.05, 0.1) is 34.0 Å². The predicted octanol–water partition coefficient (Wildman–Crippen LogP) is 1.50. The van der Waals surface area contributed by atoms with Crippen LogP contribution in [0.5, 0.6) is 0 Å². The maximum absolute atomic E-state index is 10.7. The first-order valence-electron chi connectivity index (χ1n) is 6.06. The Morgan fingerprint density at radius 1 is 0.947 bits per heavy atom. The van der Waals surface area contributed by atoms with E-state index in [1.165, 1.54) is 0 Å². The lowest BCUT2D eigenvalue weighted by molar-refractivity contribution is -1.48. The van der Waals surface area contributed by atoms with Gasteiger partial charge in [-0.05, 0) is 0 Å². The number of rotatable bonds is 8. The fourth-order valence-electron chi connectivity index (χ4n) is 1.64. The zero-order valence-corrected chi connectivity index (χ0v) is 15.1. The third-order valence-electron chi connectivity index (χ3n) is 1.76. The summed E-state index contributed by atoms with van der Waals surface area (Å²) in [6, 6.07) is 0. The van der Waals surface area contributed by atoms with Gasteiger partial charge in [-0.1, -0.05) is 0 Å². The fraction of sp³-hybridized carbons (Fsp3) is 0.909. The molecule has 0 bridgehead atoms. The van der Waals surface area contributed by atoms with E-state index in [0.717, 1.165) is 0 Å². The molecular formula is C11H27IN3O4+3. The van der Waals surface area contributed by atoms with Crippen LogP contribution in [0.15, 0.2) is 0 Å². The van der Waals surface area contributed by atoms with Crippen LogP contribution in [-0.2, 0) is 14.6 Å². The van der Waals surface area contributed by atoms with Gasteiger partial charge in [-0.2, -0.15) is 0 Å². The Kier molecular flexibility index (Phi) is 7.14. The minimum atomic E-state index is -0.299. The summed E-state index contributed by atoms with van der Waals surface area (Å²) in [5.41, 5.74) is 0. The van der Waals surface area contributed by atoms with Gasteiger partial charge < -0.3 is 4.74 Å². The molecule has 0 amide bonds. The molecule has 0 aliphatic carbocycles. The van der Waals surface area contributed by atoms with Gasteiger partial charge in [-0.25, -0.2) is 4.79 Å². The molecule has 0 aromatic rings. The van der Waals surface area contributed by atoms with E-state index in [-0.39, 0.29) is 8.79 Å². The number of hydroxylamine groups is 10. The van der Waals surface area contributed by atoms with Crippen molar-refractivity contribution in [1.29, 1.82) is 0 Å². The summed E-state index contributed by atoms with van der Waals surface area (Å²) in [7, 11) is 13.3. The van der Waals surface area contributed by atoms with Crippen LogP contribution in [0.4, 0.5) is 4.79 Å². The third-order valence-corrected chi connectivity index (χ3v) is 2.07. The van der Waals surface area contributed by atoms with E-state index in [0.29, 0.717) is 28.9 Å². The number of hydrogen-bond donors (Lipinski definition) is 0. The molecular weight excluding hydrogens is 365 g/mol. The highest BCUT2D eigenvalue weighted by Gasteiger charge is 2.40. The lowest BCUT2D eigenvalue weighted by Gasteiger charge is -2.34. The smallest absolute Gasteiger partial charge is 0.367 e. The SMILES string of the molecule is C[N+](C)(C)O[N+](C)(CCCOC(=O)I)O[N+](C)(C)C. The normalized spacial score (nSPS) is 13.5. The van der Waals surface area contributed by atoms with Gasteiger partial charge in [-0.15, -0.1) is 9.29 Å². The summed E-state index contributed by atoms with van der Waals surface area (Å²) in [6.45, 7) is 0.936. The molecule has 0 aliphatic rings. The number of nitrogens with zero attached hydrogens (tertiary/aromatic N) is 3. The molecule has 0 spiro atoms. The molecule has 7 nitrogen and oxygen atoms in total. The second-order valence-corrected chi connectivity index (χ2v) is 7.00. The number of quaternary nitrogens is 3. The Morgan fingerprint density at radius 2 is 1.37 bits per heavy atom. The van der Waals surface area contributed by atoms with Crippen molar-refractivity contribution in [3.63, 3.8) is 0 Å². The van der Waals surface area contributed by atoms with Crippen molar-refractivity contribution in [3.8, 4) is 0 Å². The standard InChI is InChI=1S/C11H27IN3O4/c1-13(2,3)18-15(7,19-14(4,5)6)9-8-10-17-11(12)16/h8-10H2,1-7H3/q+3. The highest BCUT2D eigenvalue weighted by molar-refractivity contribution is 14.1. The van der Waals surface area contributed by atoms with Gasteiger partial charge in [0.2, 0.25) is 0 Å². The summed E-state index contributed by atoms with van der Waals surface area (Å²) < 4.78 is 5.23. The summed E-state index contributed by atoms with van der Waals surface area (Å²) >= 11 is 1.61. The molecule has 114 valence electrons. The maximum atomic E-state index is 10.7. The van der Waals surface area contributed by atoms with Gasteiger partial charge in [0, 0.05) is 16.3 Å². The molecule has 0 atom stereocenters. The number of hydrogen-bond acceptors (Lipinski definition) is 4. The molecule has 0 rings (SSSR count). The average molecular weight is 392 g/mol. The number of carbonyl (C=O) groups is 1. The van der Waals surface area contributed by atoms with Crippen molar-refractivity contribution in [1.82, 2.24) is 0 Å². The quantitative estimate of drug-likeness (QED) is 0.207. The van der Waals surface area contributed by atoms with Crippen molar-refractivity contribution in [2.24, 2.45) is 0 Å². The molecule has 0 heterocycles. The van der Waals surface area contributed by atoms with Gasteiger partial charge in [0.15, 0.2) is 6.54 Å². The molecule has 0 saturated carbocycles. The molecule has 8 heteroatoms. The van der Waals surface area contributed by atoms with Gasteiger partial charge in [0.25, 0.3) is 0 Å². The lowest BCUT2D eigenvalue weighted by atomic mass is 10.4. The van der Waals surface area contributed by atoms with Crippen LogP contribution < -0.4 is 0 Å². The summed E-state index contributed by atoms with van der Waals surface area (Å²) in [5.74, 6) is 0. The largest absolute Gasteiger partial charge is 0.458 e. The molecule has 19 heavy (non-hydrogen) atoms. The molecule has 0 radical (unpaired) electrons. The van der Waals surface area contributed by atoms with Gasteiger partial charge >= 0.3 is 3.98 Å². The molecule has 0 N–H and O–H groups in total. The van der Waals surface area contributed by atoms with Crippen molar-refractivity contribution in [3.05, 3.63) is 0 Å². The molecule has 0 unspecified atom stereocenters. The lowest BCUT2D eigenvalue weighted by Crippen LogP contribution is -2.59. The Labute approximate surface area is 129 Å². The minimum absolute atomic E-state index is 0.0220. The molecule has 0 fully saturated rings. The van der Waals surface area contributed by atoms with Crippen LogP contribution in [0.25, 0.3) is 0 Å². The van der Waals surface area contributed by atoms with Crippen molar-refractivity contribution in [2.75, 3.05) is 62.5 Å². The highest BCUT2D eigenvalue weighted by Crippen LogP contribution is 2.15. The van der Waals surface area contributed by atoms with Crippen LogP contribution in [0, 0.1) is 0 Å². The van der Waals surface area contributed by atoms with E-state index < -0.39 is 0 Å².